The predicted octanol–water partition coefficient (Wildman–Crippen LogP) is 5.15. The first-order valence-electron chi connectivity index (χ1n) is 11.2. The van der Waals surface area contributed by atoms with Crippen molar-refractivity contribution in [2.24, 2.45) is 5.41 Å². The highest BCUT2D eigenvalue weighted by atomic mass is 16.5. The quantitative estimate of drug-likeness (QED) is 0.567. The minimum absolute atomic E-state index is 0.0506. The van der Waals surface area contributed by atoms with Crippen molar-refractivity contribution in [2.45, 2.75) is 33.7 Å². The lowest BCUT2D eigenvalue weighted by Crippen LogP contribution is -2.35. The number of furan rings is 1. The molecule has 1 aromatic heterocycles. The van der Waals surface area contributed by atoms with Crippen LogP contribution in [0.1, 0.15) is 42.5 Å². The van der Waals surface area contributed by atoms with Crippen LogP contribution in [0, 0.1) is 5.41 Å². The molecule has 7 heteroatoms. The van der Waals surface area contributed by atoms with E-state index >= 15 is 0 Å². The Morgan fingerprint density at radius 1 is 0.941 bits per heavy atom. The van der Waals surface area contributed by atoms with E-state index in [4.69, 9.17) is 13.9 Å². The number of nitrogens with one attached hydrogen (secondary N) is 1. The minimum Gasteiger partial charge on any atom is -0.493 e. The number of rotatable bonds is 5. The lowest BCUT2D eigenvalue weighted by molar-refractivity contribution is -0.123. The summed E-state index contributed by atoms with van der Waals surface area (Å²) in [6, 6.07) is 14.8. The summed E-state index contributed by atoms with van der Waals surface area (Å²) in [5.74, 6) is 2.04. The average Bonchev–Trinajstić information content (AvgIpc) is 3.32. The lowest BCUT2D eigenvalue weighted by Gasteiger charge is -2.29. The van der Waals surface area contributed by atoms with Crippen LogP contribution in [0.2, 0.25) is 0 Å². The van der Waals surface area contributed by atoms with Crippen LogP contribution in [0.15, 0.2) is 52.9 Å². The van der Waals surface area contributed by atoms with E-state index in [0.29, 0.717) is 41.8 Å². The molecule has 0 unspecified atom stereocenters. The zero-order chi connectivity index (χ0) is 24.5. The Morgan fingerprint density at radius 2 is 1.59 bits per heavy atom. The molecule has 178 valence electrons. The molecule has 2 amide bonds. The topological polar surface area (TPSA) is 81.0 Å². The van der Waals surface area contributed by atoms with E-state index < -0.39 is 5.41 Å². The zero-order valence-electron chi connectivity index (χ0n) is 20.2. The second-order valence-electron chi connectivity index (χ2n) is 9.40. The third-order valence-corrected chi connectivity index (χ3v) is 5.93. The molecular weight excluding hydrogens is 432 g/mol. The van der Waals surface area contributed by atoms with Gasteiger partial charge in [0.25, 0.3) is 5.91 Å². The first-order chi connectivity index (χ1) is 16.2. The molecule has 0 spiro atoms. The molecule has 1 aliphatic heterocycles. The number of amides is 2. The standard InChI is InChI=1S/C27H30N2O5/c1-27(2,3)26(31)28-20-8-6-17(7-9-20)21-10-11-22(34-21)25(30)29-13-12-18-14-23(32-4)24(33-5)15-19(18)16-29/h6-11,14-15H,12-13,16H2,1-5H3,(H,28,31). The van der Waals surface area contributed by atoms with Crippen LogP contribution in [0.3, 0.4) is 0 Å². The highest BCUT2D eigenvalue weighted by Crippen LogP contribution is 2.34. The molecule has 2 aromatic carbocycles. The molecular formula is C27H30N2O5. The van der Waals surface area contributed by atoms with Gasteiger partial charge in [-0.1, -0.05) is 20.8 Å². The van der Waals surface area contributed by atoms with Crippen molar-refractivity contribution in [3.05, 3.63) is 65.4 Å². The average molecular weight is 463 g/mol. The highest BCUT2D eigenvalue weighted by Gasteiger charge is 2.26. The molecule has 0 atom stereocenters. The van der Waals surface area contributed by atoms with E-state index in [0.717, 1.165) is 23.1 Å². The normalized spacial score (nSPS) is 13.3. The molecule has 0 fully saturated rings. The molecule has 7 nitrogen and oxygen atoms in total. The van der Waals surface area contributed by atoms with Crippen LogP contribution < -0.4 is 14.8 Å². The molecule has 3 aromatic rings. The Balaban J connectivity index is 1.46. The number of methoxy groups -OCH3 is 2. The smallest absolute Gasteiger partial charge is 0.289 e. The Kier molecular flexibility index (Phi) is 6.37. The van der Waals surface area contributed by atoms with Crippen LogP contribution in [-0.4, -0.2) is 37.5 Å². The molecule has 0 aliphatic carbocycles. The van der Waals surface area contributed by atoms with Crippen molar-refractivity contribution in [1.82, 2.24) is 4.90 Å². The van der Waals surface area contributed by atoms with Crippen molar-refractivity contribution < 1.29 is 23.5 Å². The maximum atomic E-state index is 13.1. The summed E-state index contributed by atoms with van der Waals surface area (Å²) in [6.45, 7) is 6.68. The Hall–Kier alpha value is -3.74. The number of benzene rings is 2. The van der Waals surface area contributed by atoms with Crippen molar-refractivity contribution in [3.63, 3.8) is 0 Å². The monoisotopic (exact) mass is 462 g/mol. The van der Waals surface area contributed by atoms with E-state index in [2.05, 4.69) is 5.32 Å². The summed E-state index contributed by atoms with van der Waals surface area (Å²) >= 11 is 0. The van der Waals surface area contributed by atoms with Crippen molar-refractivity contribution in [3.8, 4) is 22.8 Å². The molecule has 4 rings (SSSR count). The van der Waals surface area contributed by atoms with Gasteiger partial charge in [0.05, 0.1) is 14.2 Å². The summed E-state index contributed by atoms with van der Waals surface area (Å²) in [5, 5.41) is 2.90. The fraction of sp³-hybridized carbons (Fsp3) is 0.333. The van der Waals surface area contributed by atoms with E-state index in [1.165, 1.54) is 0 Å². The fourth-order valence-corrected chi connectivity index (χ4v) is 3.86. The molecule has 1 N–H and O–H groups in total. The summed E-state index contributed by atoms with van der Waals surface area (Å²) in [5.41, 5.74) is 3.26. The maximum Gasteiger partial charge on any atom is 0.289 e. The number of nitrogens with zero attached hydrogens (tertiary/aromatic N) is 1. The van der Waals surface area contributed by atoms with Gasteiger partial charge in [-0.2, -0.15) is 0 Å². The lowest BCUT2D eigenvalue weighted by atomic mass is 9.95. The first kappa shape index (κ1) is 23.4. The van der Waals surface area contributed by atoms with Crippen LogP contribution >= 0.6 is 0 Å². The Morgan fingerprint density at radius 3 is 2.21 bits per heavy atom. The number of carbonyl (C=O) groups excluding carboxylic acids is 2. The first-order valence-corrected chi connectivity index (χ1v) is 11.2. The SMILES string of the molecule is COc1cc2c(cc1OC)CN(C(=O)c1ccc(-c3ccc(NC(=O)C(C)(C)C)cc3)o1)CC2. The van der Waals surface area contributed by atoms with Gasteiger partial charge in [0.2, 0.25) is 5.91 Å². The number of anilines is 1. The van der Waals surface area contributed by atoms with Gasteiger partial charge in [0.15, 0.2) is 17.3 Å². The fourth-order valence-electron chi connectivity index (χ4n) is 3.86. The van der Waals surface area contributed by atoms with E-state index in [1.54, 1.807) is 31.3 Å². The Bertz CT molecular complexity index is 1200. The molecule has 0 bridgehead atoms. The maximum absolute atomic E-state index is 13.1. The van der Waals surface area contributed by atoms with Gasteiger partial charge in [-0.25, -0.2) is 0 Å². The van der Waals surface area contributed by atoms with Crippen LogP contribution in [0.5, 0.6) is 11.5 Å². The molecule has 34 heavy (non-hydrogen) atoms. The minimum atomic E-state index is -0.471. The predicted molar refractivity (Wildman–Crippen MR) is 130 cm³/mol. The number of carbonyl (C=O) groups is 2. The molecule has 2 heterocycles. The van der Waals surface area contributed by atoms with Crippen LogP contribution in [0.4, 0.5) is 5.69 Å². The van der Waals surface area contributed by atoms with Gasteiger partial charge in [0.1, 0.15) is 5.76 Å². The number of hydrogen-bond acceptors (Lipinski definition) is 5. The van der Waals surface area contributed by atoms with Gasteiger partial charge in [-0.05, 0) is 66.1 Å². The van der Waals surface area contributed by atoms with E-state index in [1.807, 2.05) is 57.2 Å². The van der Waals surface area contributed by atoms with Crippen LogP contribution in [0.25, 0.3) is 11.3 Å². The highest BCUT2D eigenvalue weighted by molar-refractivity contribution is 5.95. The van der Waals surface area contributed by atoms with Crippen molar-refractivity contribution in [2.75, 3.05) is 26.1 Å². The zero-order valence-corrected chi connectivity index (χ0v) is 20.2. The summed E-state index contributed by atoms with van der Waals surface area (Å²) in [7, 11) is 3.22. The number of ether oxygens (including phenoxy) is 2. The Labute approximate surface area is 199 Å². The van der Waals surface area contributed by atoms with Gasteiger partial charge in [0, 0.05) is 29.8 Å². The summed E-state index contributed by atoms with van der Waals surface area (Å²) in [6.07, 6.45) is 0.733. The number of hydrogen-bond donors (Lipinski definition) is 1. The third kappa shape index (κ3) is 4.78. The molecule has 0 radical (unpaired) electrons. The van der Waals surface area contributed by atoms with E-state index in [9.17, 15) is 9.59 Å². The third-order valence-electron chi connectivity index (χ3n) is 5.93. The van der Waals surface area contributed by atoms with Crippen molar-refractivity contribution in [1.29, 1.82) is 0 Å². The number of fused-ring (bicyclic) bond motifs is 1. The van der Waals surface area contributed by atoms with Crippen LogP contribution in [-0.2, 0) is 17.8 Å². The van der Waals surface area contributed by atoms with Crippen molar-refractivity contribution >= 4 is 17.5 Å². The second kappa shape index (κ2) is 9.25. The van der Waals surface area contributed by atoms with E-state index in [-0.39, 0.29) is 11.8 Å². The summed E-state index contributed by atoms with van der Waals surface area (Å²) in [4.78, 5) is 27.1. The van der Waals surface area contributed by atoms with Gasteiger partial charge in [-0.15, -0.1) is 0 Å². The molecule has 1 aliphatic rings. The van der Waals surface area contributed by atoms with Gasteiger partial charge >= 0.3 is 0 Å². The molecule has 0 saturated carbocycles. The van der Waals surface area contributed by atoms with Gasteiger partial charge in [-0.3, -0.25) is 9.59 Å². The largest absolute Gasteiger partial charge is 0.493 e. The molecule has 0 saturated heterocycles. The summed E-state index contributed by atoms with van der Waals surface area (Å²) < 4.78 is 16.7. The second-order valence-corrected chi connectivity index (χ2v) is 9.40. The van der Waals surface area contributed by atoms with Gasteiger partial charge < -0.3 is 24.1 Å².